The minimum absolute atomic E-state index is 0.0324. The zero-order chi connectivity index (χ0) is 22.7. The average Bonchev–Trinajstić information content (AvgIpc) is 3.18. The van der Waals surface area contributed by atoms with Crippen LogP contribution in [0.15, 0.2) is 42.7 Å². The molecule has 1 saturated heterocycles. The summed E-state index contributed by atoms with van der Waals surface area (Å²) in [6.07, 6.45) is 2.97. The molecule has 0 bridgehead atoms. The molecule has 4 rings (SSSR count). The highest BCUT2D eigenvalue weighted by Gasteiger charge is 2.19. The number of rotatable bonds is 5. The van der Waals surface area contributed by atoms with Crippen molar-refractivity contribution < 1.29 is 14.6 Å². The number of carbonyl (C=O) groups excluding carboxylic acids is 1. The standard InChI is InChI=1S/C23H24N6O3/c1-15-9-16(10-24)3-5-19(15)20-13-27-29(23(20)31)21-6-4-17(11-25-21)22(30)26-12-18-14-28(2)7-8-32-18/h3-6,9,11,13,18,31H,7-8,12,14H2,1-2H3,(H,26,30). The number of nitriles is 1. The molecule has 1 fully saturated rings. The van der Waals surface area contributed by atoms with Crippen molar-refractivity contribution in [1.29, 1.82) is 5.26 Å². The third kappa shape index (κ3) is 4.46. The van der Waals surface area contributed by atoms with Gasteiger partial charge in [0.2, 0.25) is 5.88 Å². The highest BCUT2D eigenvalue weighted by atomic mass is 16.5. The lowest BCUT2D eigenvalue weighted by molar-refractivity contribution is -0.0175. The lowest BCUT2D eigenvalue weighted by atomic mass is 10.0. The maximum absolute atomic E-state index is 12.4. The van der Waals surface area contributed by atoms with Gasteiger partial charge in [0, 0.05) is 25.8 Å². The molecule has 1 aliphatic heterocycles. The second-order valence-corrected chi connectivity index (χ2v) is 7.81. The van der Waals surface area contributed by atoms with Crippen molar-refractivity contribution >= 4 is 5.91 Å². The summed E-state index contributed by atoms with van der Waals surface area (Å²) >= 11 is 0. The Hall–Kier alpha value is -3.74. The summed E-state index contributed by atoms with van der Waals surface area (Å²) in [5, 5.41) is 26.9. The molecule has 1 aromatic carbocycles. The van der Waals surface area contributed by atoms with Crippen LogP contribution in [0.1, 0.15) is 21.5 Å². The van der Waals surface area contributed by atoms with Crippen molar-refractivity contribution in [3.8, 4) is 28.9 Å². The summed E-state index contributed by atoms with van der Waals surface area (Å²) in [7, 11) is 2.03. The number of benzene rings is 1. The molecular weight excluding hydrogens is 408 g/mol. The van der Waals surface area contributed by atoms with Crippen LogP contribution in [0.3, 0.4) is 0 Å². The number of morpholine rings is 1. The van der Waals surface area contributed by atoms with E-state index in [4.69, 9.17) is 10.00 Å². The number of hydrogen-bond acceptors (Lipinski definition) is 7. The molecule has 0 saturated carbocycles. The third-order valence-electron chi connectivity index (χ3n) is 5.45. The normalized spacial score (nSPS) is 16.5. The van der Waals surface area contributed by atoms with E-state index in [2.05, 4.69) is 26.4 Å². The fourth-order valence-electron chi connectivity index (χ4n) is 3.68. The highest BCUT2D eigenvalue weighted by Crippen LogP contribution is 2.33. The Kier molecular flexibility index (Phi) is 6.16. The molecule has 1 atom stereocenters. The van der Waals surface area contributed by atoms with E-state index in [0.717, 1.165) is 24.2 Å². The summed E-state index contributed by atoms with van der Waals surface area (Å²) in [5.41, 5.74) is 3.13. The molecule has 9 nitrogen and oxygen atoms in total. The molecule has 3 heterocycles. The largest absolute Gasteiger partial charge is 0.493 e. The number of carbonyl (C=O) groups is 1. The highest BCUT2D eigenvalue weighted by molar-refractivity contribution is 5.94. The number of aromatic nitrogens is 3. The molecule has 1 unspecified atom stereocenters. The minimum atomic E-state index is -0.237. The van der Waals surface area contributed by atoms with Crippen molar-refractivity contribution in [2.24, 2.45) is 0 Å². The monoisotopic (exact) mass is 432 g/mol. The summed E-state index contributed by atoms with van der Waals surface area (Å²) in [6.45, 7) is 4.62. The Morgan fingerprint density at radius 3 is 2.84 bits per heavy atom. The number of nitrogens with one attached hydrogen (secondary N) is 1. The minimum Gasteiger partial charge on any atom is -0.493 e. The molecule has 32 heavy (non-hydrogen) atoms. The maximum Gasteiger partial charge on any atom is 0.252 e. The molecule has 2 N–H and O–H groups in total. The number of pyridine rings is 1. The summed E-state index contributed by atoms with van der Waals surface area (Å²) in [6, 6.07) is 10.6. The van der Waals surface area contributed by atoms with Crippen molar-refractivity contribution in [3.05, 3.63) is 59.4 Å². The van der Waals surface area contributed by atoms with Crippen LogP contribution in [0.5, 0.6) is 5.88 Å². The zero-order valence-electron chi connectivity index (χ0n) is 17.9. The first-order valence-electron chi connectivity index (χ1n) is 10.3. The molecule has 0 aliphatic carbocycles. The van der Waals surface area contributed by atoms with E-state index in [1.165, 1.54) is 10.9 Å². The van der Waals surface area contributed by atoms with E-state index < -0.39 is 0 Å². The van der Waals surface area contributed by atoms with Gasteiger partial charge in [-0.15, -0.1) is 0 Å². The molecule has 9 heteroatoms. The van der Waals surface area contributed by atoms with Gasteiger partial charge >= 0.3 is 0 Å². The molecule has 0 spiro atoms. The van der Waals surface area contributed by atoms with E-state index in [1.54, 1.807) is 36.5 Å². The lowest BCUT2D eigenvalue weighted by Gasteiger charge is -2.30. The molecule has 2 aromatic heterocycles. The molecule has 3 aromatic rings. The Morgan fingerprint density at radius 2 is 2.16 bits per heavy atom. The molecule has 1 aliphatic rings. The Morgan fingerprint density at radius 1 is 1.31 bits per heavy atom. The van der Waals surface area contributed by atoms with Crippen LogP contribution in [0.2, 0.25) is 0 Å². The Balaban J connectivity index is 1.46. The number of ether oxygens (including phenoxy) is 1. The number of amides is 1. The molecular formula is C23H24N6O3. The fraction of sp³-hybridized carbons (Fsp3) is 0.304. The summed E-state index contributed by atoms with van der Waals surface area (Å²) in [4.78, 5) is 18.9. The number of nitrogens with zero attached hydrogens (tertiary/aromatic N) is 5. The van der Waals surface area contributed by atoms with Crippen LogP contribution >= 0.6 is 0 Å². The van der Waals surface area contributed by atoms with Gasteiger partial charge in [0.1, 0.15) is 0 Å². The fourth-order valence-corrected chi connectivity index (χ4v) is 3.68. The van der Waals surface area contributed by atoms with Gasteiger partial charge in [-0.05, 0) is 49.4 Å². The Labute approximate surface area is 185 Å². The van der Waals surface area contributed by atoms with Crippen LogP contribution in [-0.4, -0.2) is 70.1 Å². The van der Waals surface area contributed by atoms with Gasteiger partial charge in [0.05, 0.1) is 41.7 Å². The first kappa shape index (κ1) is 21.5. The predicted molar refractivity (Wildman–Crippen MR) is 117 cm³/mol. The van der Waals surface area contributed by atoms with Crippen molar-refractivity contribution in [2.75, 3.05) is 33.3 Å². The summed E-state index contributed by atoms with van der Waals surface area (Å²) in [5.74, 6) is 0.0781. The van der Waals surface area contributed by atoms with E-state index >= 15 is 0 Å². The van der Waals surface area contributed by atoms with Gasteiger partial charge < -0.3 is 20.1 Å². The SMILES string of the molecule is Cc1cc(C#N)ccc1-c1cnn(-c2ccc(C(=O)NCC3CN(C)CCO3)cn2)c1O. The quantitative estimate of drug-likeness (QED) is 0.632. The van der Waals surface area contributed by atoms with E-state index in [9.17, 15) is 9.90 Å². The summed E-state index contributed by atoms with van der Waals surface area (Å²) < 4.78 is 6.96. The Bertz CT molecular complexity index is 1170. The first-order chi connectivity index (χ1) is 15.5. The third-order valence-corrected chi connectivity index (χ3v) is 5.45. The predicted octanol–water partition coefficient (Wildman–Crippen LogP) is 1.88. The van der Waals surface area contributed by atoms with Crippen molar-refractivity contribution in [1.82, 2.24) is 25.0 Å². The number of hydrogen-bond donors (Lipinski definition) is 2. The van der Waals surface area contributed by atoms with Crippen LogP contribution < -0.4 is 5.32 Å². The second kappa shape index (κ2) is 9.18. The van der Waals surface area contributed by atoms with Gasteiger partial charge in [-0.25, -0.2) is 4.98 Å². The van der Waals surface area contributed by atoms with Crippen LogP contribution in [0.4, 0.5) is 0 Å². The van der Waals surface area contributed by atoms with Gasteiger partial charge in [0.25, 0.3) is 5.91 Å². The van der Waals surface area contributed by atoms with Gasteiger partial charge in [-0.3, -0.25) is 4.79 Å². The molecule has 1 amide bonds. The molecule has 0 radical (unpaired) electrons. The van der Waals surface area contributed by atoms with Gasteiger partial charge in [0.15, 0.2) is 5.82 Å². The van der Waals surface area contributed by atoms with Gasteiger partial charge in [-0.2, -0.15) is 15.0 Å². The average molecular weight is 432 g/mol. The topological polar surface area (TPSA) is 116 Å². The number of aryl methyl sites for hydroxylation is 1. The number of aromatic hydroxyl groups is 1. The maximum atomic E-state index is 12.4. The van der Waals surface area contributed by atoms with Crippen LogP contribution in [0.25, 0.3) is 16.9 Å². The first-order valence-corrected chi connectivity index (χ1v) is 10.3. The zero-order valence-corrected chi connectivity index (χ0v) is 17.9. The van der Waals surface area contributed by atoms with E-state index in [-0.39, 0.29) is 17.9 Å². The van der Waals surface area contributed by atoms with Crippen molar-refractivity contribution in [3.63, 3.8) is 0 Å². The van der Waals surface area contributed by atoms with Gasteiger partial charge in [-0.1, -0.05) is 6.07 Å². The second-order valence-electron chi connectivity index (χ2n) is 7.81. The van der Waals surface area contributed by atoms with Crippen LogP contribution in [0, 0.1) is 18.3 Å². The van der Waals surface area contributed by atoms with Crippen molar-refractivity contribution in [2.45, 2.75) is 13.0 Å². The number of likely N-dealkylation sites (N-methyl/N-ethyl adjacent to an activating group) is 1. The lowest BCUT2D eigenvalue weighted by Crippen LogP contribution is -2.45. The molecule has 164 valence electrons. The smallest absolute Gasteiger partial charge is 0.252 e. The van der Waals surface area contributed by atoms with E-state index in [0.29, 0.717) is 35.7 Å². The van der Waals surface area contributed by atoms with Crippen LogP contribution in [-0.2, 0) is 4.74 Å². The van der Waals surface area contributed by atoms with E-state index in [1.807, 2.05) is 14.0 Å².